The number of piperazine rings is 1. The summed E-state index contributed by atoms with van der Waals surface area (Å²) in [5, 5.41) is 11.7. The van der Waals surface area contributed by atoms with Gasteiger partial charge in [-0.2, -0.15) is 18.0 Å². The molecule has 37 heavy (non-hydrogen) atoms. The summed E-state index contributed by atoms with van der Waals surface area (Å²) in [6.45, 7) is 7.28. The van der Waals surface area contributed by atoms with Crippen molar-refractivity contribution in [3.63, 3.8) is 0 Å². The summed E-state index contributed by atoms with van der Waals surface area (Å²) >= 11 is 0. The fourth-order valence-electron chi connectivity index (χ4n) is 4.09. The Morgan fingerprint density at radius 1 is 1.30 bits per heavy atom. The van der Waals surface area contributed by atoms with Crippen LogP contribution in [0.5, 0.6) is 0 Å². The molecule has 1 aliphatic heterocycles. The van der Waals surface area contributed by atoms with E-state index in [0.29, 0.717) is 54.5 Å². The van der Waals surface area contributed by atoms with Gasteiger partial charge in [0.15, 0.2) is 12.5 Å². The molecule has 1 saturated heterocycles. The van der Waals surface area contributed by atoms with Crippen LogP contribution >= 0.6 is 0 Å². The first-order chi connectivity index (χ1) is 17.7. The number of rotatable bonds is 8. The molecule has 0 aliphatic carbocycles. The van der Waals surface area contributed by atoms with Crippen LogP contribution in [0, 0.1) is 19.3 Å². The third-order valence-electron chi connectivity index (χ3n) is 5.92. The normalized spacial score (nSPS) is 16.9. The Labute approximate surface area is 211 Å². The van der Waals surface area contributed by atoms with E-state index in [9.17, 15) is 17.6 Å². The van der Waals surface area contributed by atoms with Crippen LogP contribution < -0.4 is 0 Å². The molecule has 8 nitrogen and oxygen atoms in total. The topological polar surface area (TPSA) is 76.1 Å². The minimum absolute atomic E-state index is 0.0226. The van der Waals surface area contributed by atoms with Gasteiger partial charge in [0.2, 0.25) is 5.89 Å². The van der Waals surface area contributed by atoms with Crippen molar-refractivity contribution in [3.8, 4) is 12.3 Å². The minimum Gasteiger partial charge on any atom is -0.446 e. The van der Waals surface area contributed by atoms with Crippen molar-refractivity contribution in [2.45, 2.75) is 38.9 Å². The van der Waals surface area contributed by atoms with Gasteiger partial charge in [0.05, 0.1) is 17.8 Å². The maximum absolute atomic E-state index is 13.3. The Kier molecular flexibility index (Phi) is 7.73. The van der Waals surface area contributed by atoms with Crippen LogP contribution in [-0.2, 0) is 25.9 Å². The number of hydrogen-bond donors (Lipinski definition) is 0. The third-order valence-corrected chi connectivity index (χ3v) is 5.92. The molecule has 0 saturated carbocycles. The number of hydrogen-bond acceptors (Lipinski definition) is 7. The Bertz CT molecular complexity index is 1320. The van der Waals surface area contributed by atoms with Gasteiger partial charge < -0.3 is 9.32 Å². The molecule has 0 bridgehead atoms. The van der Waals surface area contributed by atoms with Gasteiger partial charge in [-0.15, -0.1) is 16.6 Å². The fourth-order valence-corrected chi connectivity index (χ4v) is 4.09. The Hall–Kier alpha value is -3.98. The summed E-state index contributed by atoms with van der Waals surface area (Å²) in [7, 11) is 0. The number of oxazole rings is 1. The third kappa shape index (κ3) is 6.42. The second kappa shape index (κ2) is 11.0. The van der Waals surface area contributed by atoms with E-state index in [4.69, 9.17) is 10.8 Å². The van der Waals surface area contributed by atoms with Crippen molar-refractivity contribution in [1.29, 1.82) is 0 Å². The maximum Gasteiger partial charge on any atom is 0.416 e. The molecule has 3 heterocycles. The molecule has 0 radical (unpaired) electrons. The van der Waals surface area contributed by atoms with Crippen molar-refractivity contribution >= 4 is 6.08 Å². The number of aromatic nitrogens is 5. The van der Waals surface area contributed by atoms with Crippen molar-refractivity contribution in [2.24, 2.45) is 0 Å². The quantitative estimate of drug-likeness (QED) is 0.256. The molecule has 3 aromatic rings. The van der Waals surface area contributed by atoms with Crippen LogP contribution in [0.3, 0.4) is 0 Å². The Morgan fingerprint density at radius 3 is 2.76 bits per heavy atom. The monoisotopic (exact) mass is 515 g/mol. The molecule has 1 aliphatic rings. The fraction of sp³-hybridized carbons (Fsp3) is 0.360. The van der Waals surface area contributed by atoms with Gasteiger partial charge in [0.1, 0.15) is 12.3 Å². The molecule has 12 heteroatoms. The lowest BCUT2D eigenvalue weighted by Gasteiger charge is -2.40. The lowest BCUT2D eigenvalue weighted by molar-refractivity contribution is -0.137. The number of allylic oxidation sites excluding steroid dienone is 1. The van der Waals surface area contributed by atoms with Crippen molar-refractivity contribution in [3.05, 3.63) is 76.9 Å². The highest BCUT2D eigenvalue weighted by Gasteiger charge is 2.31. The van der Waals surface area contributed by atoms with Crippen LogP contribution in [-0.4, -0.2) is 60.7 Å². The molecule has 0 spiro atoms. The zero-order valence-corrected chi connectivity index (χ0v) is 20.1. The van der Waals surface area contributed by atoms with Gasteiger partial charge in [-0.1, -0.05) is 24.6 Å². The zero-order valence-electron chi connectivity index (χ0n) is 20.1. The highest BCUT2D eigenvalue weighted by atomic mass is 19.4. The van der Waals surface area contributed by atoms with Crippen LogP contribution in [0.4, 0.5) is 17.6 Å². The first kappa shape index (κ1) is 26.1. The van der Waals surface area contributed by atoms with Gasteiger partial charge in [-0.3, -0.25) is 4.90 Å². The number of terminal acetylenes is 1. The number of nitrogens with zero attached hydrogens (tertiary/aromatic N) is 7. The van der Waals surface area contributed by atoms with Crippen molar-refractivity contribution in [1.82, 2.24) is 35.0 Å². The molecule has 0 unspecified atom stereocenters. The molecule has 1 fully saturated rings. The second-order valence-electron chi connectivity index (χ2n) is 8.58. The van der Waals surface area contributed by atoms with E-state index < -0.39 is 18.4 Å². The summed E-state index contributed by atoms with van der Waals surface area (Å²) in [5.74, 6) is 3.23. The van der Waals surface area contributed by atoms with Gasteiger partial charge in [0.25, 0.3) is 0 Å². The molecule has 2 aromatic heterocycles. The summed E-state index contributed by atoms with van der Waals surface area (Å²) in [4.78, 5) is 9.40. The van der Waals surface area contributed by atoms with Crippen LogP contribution in [0.2, 0.25) is 0 Å². The lowest BCUT2D eigenvalue weighted by Crippen LogP contribution is -2.51. The van der Waals surface area contributed by atoms with Crippen LogP contribution in [0.15, 0.2) is 47.2 Å². The van der Waals surface area contributed by atoms with Gasteiger partial charge in [-0.05, 0) is 41.5 Å². The first-order valence-electron chi connectivity index (χ1n) is 11.4. The van der Waals surface area contributed by atoms with E-state index in [1.165, 1.54) is 17.1 Å². The maximum atomic E-state index is 13.3. The smallest absolute Gasteiger partial charge is 0.416 e. The number of benzene rings is 1. The van der Waals surface area contributed by atoms with E-state index in [0.717, 1.165) is 12.1 Å². The van der Waals surface area contributed by atoms with E-state index >= 15 is 0 Å². The van der Waals surface area contributed by atoms with Crippen LogP contribution in [0.25, 0.3) is 6.08 Å². The molecule has 4 rings (SSSR count). The standard InChI is InChI=1S/C25H25F4N7O/c1-4-23-15-34(14-22-16-37-24(12-26)30-22)9-10-35(23)17(2)5-6-19-7-8-21(25(27,28)29)11-20(19)13-36-32-18(3)31-33-36/h1,5-8,11,16,23H,2,9-10,12-15H2,3H3/b6-5+/t23-/m1/s1. The van der Waals surface area contributed by atoms with Gasteiger partial charge >= 0.3 is 6.18 Å². The number of alkyl halides is 4. The average molecular weight is 516 g/mol. The van der Waals surface area contributed by atoms with Crippen molar-refractivity contribution < 1.29 is 22.0 Å². The largest absolute Gasteiger partial charge is 0.446 e. The summed E-state index contributed by atoms with van der Waals surface area (Å²) < 4.78 is 57.7. The summed E-state index contributed by atoms with van der Waals surface area (Å²) in [5.41, 5.74) is 1.45. The average Bonchev–Trinajstić information content (AvgIpc) is 3.50. The first-order valence-corrected chi connectivity index (χ1v) is 11.4. The predicted molar refractivity (Wildman–Crippen MR) is 127 cm³/mol. The molecule has 0 amide bonds. The Balaban J connectivity index is 1.47. The van der Waals surface area contributed by atoms with Crippen molar-refractivity contribution in [2.75, 3.05) is 19.6 Å². The SMILES string of the molecule is C#C[C@@H]1CN(Cc2coc(CF)n2)CCN1C(=C)/C=C/c1ccc(C(F)(F)F)cc1Cn1nnc(C)n1. The number of aryl methyl sites for hydroxylation is 1. The molecular formula is C25H25F4N7O. The molecule has 194 valence electrons. The molecule has 0 N–H and O–H groups in total. The highest BCUT2D eigenvalue weighted by Crippen LogP contribution is 2.31. The van der Waals surface area contributed by atoms with Crippen LogP contribution in [0.1, 0.15) is 34.1 Å². The summed E-state index contributed by atoms with van der Waals surface area (Å²) in [6.07, 6.45) is 6.19. The van der Waals surface area contributed by atoms with E-state index in [-0.39, 0.29) is 18.5 Å². The number of halogens is 4. The van der Waals surface area contributed by atoms with E-state index in [1.807, 2.05) is 4.90 Å². The predicted octanol–water partition coefficient (Wildman–Crippen LogP) is 3.85. The zero-order chi connectivity index (χ0) is 26.6. The Morgan fingerprint density at radius 2 is 2.11 bits per heavy atom. The molecular weight excluding hydrogens is 490 g/mol. The van der Waals surface area contributed by atoms with E-state index in [2.05, 4.69) is 37.8 Å². The van der Waals surface area contributed by atoms with Gasteiger partial charge in [-0.25, -0.2) is 9.37 Å². The lowest BCUT2D eigenvalue weighted by atomic mass is 10.0. The summed E-state index contributed by atoms with van der Waals surface area (Å²) in [6, 6.07) is 3.24. The number of tetrazole rings is 1. The molecule has 1 aromatic carbocycles. The minimum atomic E-state index is -4.48. The van der Waals surface area contributed by atoms with E-state index in [1.54, 1.807) is 19.1 Å². The second-order valence-corrected chi connectivity index (χ2v) is 8.58. The molecule has 1 atom stereocenters. The highest BCUT2D eigenvalue weighted by molar-refractivity contribution is 5.57. The van der Waals surface area contributed by atoms with Gasteiger partial charge in [0, 0.05) is 31.9 Å².